The van der Waals surface area contributed by atoms with Crippen molar-refractivity contribution in [1.29, 1.82) is 0 Å². The first-order valence-corrected chi connectivity index (χ1v) is 7.25. The zero-order chi connectivity index (χ0) is 13.4. The molecular formula is C14H27NO3. The van der Waals surface area contributed by atoms with Crippen molar-refractivity contribution in [3.05, 3.63) is 0 Å². The van der Waals surface area contributed by atoms with E-state index in [-0.39, 0.29) is 18.1 Å². The second-order valence-electron chi connectivity index (χ2n) is 4.77. The molecule has 1 aliphatic heterocycles. The molecule has 0 spiro atoms. The molecule has 106 valence electrons. The highest BCUT2D eigenvalue weighted by Crippen LogP contribution is 2.19. The lowest BCUT2D eigenvalue weighted by molar-refractivity contribution is -0.151. The summed E-state index contributed by atoms with van der Waals surface area (Å²) in [4.78, 5) is 14.2. The molecule has 0 aromatic carbocycles. The molecule has 1 saturated heterocycles. The molecule has 0 amide bonds. The van der Waals surface area contributed by atoms with Gasteiger partial charge in [-0.15, -0.1) is 0 Å². The fraction of sp³-hybridized carbons (Fsp3) is 0.929. The van der Waals surface area contributed by atoms with Gasteiger partial charge in [-0.2, -0.15) is 0 Å². The summed E-state index contributed by atoms with van der Waals surface area (Å²) >= 11 is 0. The van der Waals surface area contributed by atoms with Gasteiger partial charge in [0.05, 0.1) is 12.7 Å². The number of rotatable bonds is 7. The number of hydrogen-bond donors (Lipinski definition) is 0. The number of esters is 1. The summed E-state index contributed by atoms with van der Waals surface area (Å²) in [5.74, 6) is -0.0727. The third-order valence-electron chi connectivity index (χ3n) is 3.37. The van der Waals surface area contributed by atoms with Crippen LogP contribution in [0.4, 0.5) is 0 Å². The van der Waals surface area contributed by atoms with Gasteiger partial charge in [0.15, 0.2) is 0 Å². The molecule has 1 rings (SSSR count). The quantitative estimate of drug-likeness (QED) is 0.656. The Balaban J connectivity index is 2.57. The van der Waals surface area contributed by atoms with Gasteiger partial charge in [-0.05, 0) is 39.7 Å². The van der Waals surface area contributed by atoms with Gasteiger partial charge in [0.25, 0.3) is 0 Å². The lowest BCUT2D eigenvalue weighted by Gasteiger charge is -2.36. The predicted octanol–water partition coefficient (Wildman–Crippen LogP) is 2.22. The molecule has 0 saturated carbocycles. The van der Waals surface area contributed by atoms with Crippen molar-refractivity contribution >= 4 is 5.97 Å². The van der Waals surface area contributed by atoms with Crippen LogP contribution in [0.15, 0.2) is 0 Å². The minimum atomic E-state index is -0.0850. The normalized spacial score (nSPS) is 22.7. The number of piperidine rings is 1. The Bertz CT molecular complexity index is 243. The monoisotopic (exact) mass is 257 g/mol. The summed E-state index contributed by atoms with van der Waals surface area (Å²) in [6.45, 7) is 9.03. The van der Waals surface area contributed by atoms with Gasteiger partial charge >= 0.3 is 5.97 Å². The summed E-state index contributed by atoms with van der Waals surface area (Å²) < 4.78 is 10.9. The van der Waals surface area contributed by atoms with Crippen LogP contribution >= 0.6 is 0 Å². The summed E-state index contributed by atoms with van der Waals surface area (Å²) in [5, 5.41) is 0. The first kappa shape index (κ1) is 15.4. The molecule has 1 aliphatic rings. The summed E-state index contributed by atoms with van der Waals surface area (Å²) in [6.07, 6.45) is 4.35. The number of carbonyl (C=O) groups excluding carboxylic acids is 1. The topological polar surface area (TPSA) is 38.8 Å². The van der Waals surface area contributed by atoms with E-state index >= 15 is 0 Å². The van der Waals surface area contributed by atoms with E-state index in [1.807, 2.05) is 13.8 Å². The summed E-state index contributed by atoms with van der Waals surface area (Å²) in [5.41, 5.74) is 0. The van der Waals surface area contributed by atoms with Crippen LogP contribution in [0.25, 0.3) is 0 Å². The van der Waals surface area contributed by atoms with Gasteiger partial charge in [0, 0.05) is 13.2 Å². The minimum Gasteiger partial charge on any atom is -0.465 e. The van der Waals surface area contributed by atoms with Crippen molar-refractivity contribution < 1.29 is 14.3 Å². The smallest absolute Gasteiger partial charge is 0.323 e. The van der Waals surface area contributed by atoms with Crippen LogP contribution in [0.3, 0.4) is 0 Å². The summed E-state index contributed by atoms with van der Waals surface area (Å²) in [7, 11) is 0. The Kier molecular flexibility index (Phi) is 7.28. The van der Waals surface area contributed by atoms with Crippen molar-refractivity contribution in [2.45, 2.75) is 58.6 Å². The van der Waals surface area contributed by atoms with E-state index in [1.54, 1.807) is 0 Å². The molecule has 0 aliphatic carbocycles. The molecule has 2 unspecified atom stereocenters. The van der Waals surface area contributed by atoms with E-state index < -0.39 is 0 Å². The minimum absolute atomic E-state index is 0.0727. The average molecular weight is 257 g/mol. The average Bonchev–Trinajstić information content (AvgIpc) is 2.37. The zero-order valence-corrected chi connectivity index (χ0v) is 12.0. The highest BCUT2D eigenvalue weighted by atomic mass is 16.5. The van der Waals surface area contributed by atoms with E-state index in [0.717, 1.165) is 45.4 Å². The van der Waals surface area contributed by atoms with Crippen LogP contribution in [-0.2, 0) is 14.3 Å². The van der Waals surface area contributed by atoms with Gasteiger partial charge in [-0.3, -0.25) is 9.69 Å². The third-order valence-corrected chi connectivity index (χ3v) is 3.37. The first-order valence-electron chi connectivity index (χ1n) is 7.25. The number of nitrogens with zero attached hydrogens (tertiary/aromatic N) is 1. The molecule has 1 fully saturated rings. The largest absolute Gasteiger partial charge is 0.465 e. The van der Waals surface area contributed by atoms with Gasteiger partial charge in [-0.1, -0.05) is 13.3 Å². The van der Waals surface area contributed by atoms with Gasteiger partial charge < -0.3 is 9.47 Å². The Labute approximate surface area is 111 Å². The number of ether oxygens (including phenoxy) is 2. The maximum Gasteiger partial charge on any atom is 0.323 e. The molecule has 4 nitrogen and oxygen atoms in total. The van der Waals surface area contributed by atoms with E-state index in [4.69, 9.17) is 9.47 Å². The molecule has 0 N–H and O–H groups in total. The SMILES string of the molecule is CCCC(C(=O)OCC)N1CCCC(OCC)C1. The van der Waals surface area contributed by atoms with Crippen molar-refractivity contribution in [2.24, 2.45) is 0 Å². The third kappa shape index (κ3) is 4.58. The number of hydrogen-bond acceptors (Lipinski definition) is 4. The fourth-order valence-electron chi connectivity index (χ4n) is 2.58. The highest BCUT2D eigenvalue weighted by molar-refractivity contribution is 5.75. The lowest BCUT2D eigenvalue weighted by atomic mass is 10.0. The van der Waals surface area contributed by atoms with Crippen LogP contribution in [0.1, 0.15) is 46.5 Å². The standard InChI is InChI=1S/C14H27NO3/c1-4-8-13(14(16)18-6-3)15-10-7-9-12(11-15)17-5-2/h12-13H,4-11H2,1-3H3. The van der Waals surface area contributed by atoms with Crippen molar-refractivity contribution in [3.63, 3.8) is 0 Å². The molecule has 0 radical (unpaired) electrons. The van der Waals surface area contributed by atoms with E-state index in [9.17, 15) is 4.79 Å². The fourth-order valence-corrected chi connectivity index (χ4v) is 2.58. The first-order chi connectivity index (χ1) is 8.72. The van der Waals surface area contributed by atoms with Crippen molar-refractivity contribution in [3.8, 4) is 0 Å². The van der Waals surface area contributed by atoms with Crippen LogP contribution in [-0.4, -0.2) is 49.3 Å². The van der Waals surface area contributed by atoms with E-state index in [2.05, 4.69) is 11.8 Å². The lowest BCUT2D eigenvalue weighted by Crippen LogP contribution is -2.49. The van der Waals surface area contributed by atoms with Gasteiger partial charge in [0.1, 0.15) is 6.04 Å². The maximum absolute atomic E-state index is 12.0. The van der Waals surface area contributed by atoms with Crippen molar-refractivity contribution in [1.82, 2.24) is 4.90 Å². The van der Waals surface area contributed by atoms with Gasteiger partial charge in [0.2, 0.25) is 0 Å². The molecule has 0 aromatic heterocycles. The second-order valence-corrected chi connectivity index (χ2v) is 4.77. The van der Waals surface area contributed by atoms with Crippen LogP contribution in [0, 0.1) is 0 Å². The van der Waals surface area contributed by atoms with Crippen LogP contribution < -0.4 is 0 Å². The van der Waals surface area contributed by atoms with Gasteiger partial charge in [-0.25, -0.2) is 0 Å². The highest BCUT2D eigenvalue weighted by Gasteiger charge is 2.30. The number of likely N-dealkylation sites (tertiary alicyclic amines) is 1. The van der Waals surface area contributed by atoms with Crippen LogP contribution in [0.2, 0.25) is 0 Å². The second kappa shape index (κ2) is 8.48. The predicted molar refractivity (Wildman–Crippen MR) is 71.6 cm³/mol. The Morgan fingerprint density at radius 2 is 2.11 bits per heavy atom. The molecule has 18 heavy (non-hydrogen) atoms. The number of carbonyl (C=O) groups is 1. The Morgan fingerprint density at radius 1 is 1.33 bits per heavy atom. The Hall–Kier alpha value is -0.610. The molecule has 0 aromatic rings. The van der Waals surface area contributed by atoms with Crippen molar-refractivity contribution in [2.75, 3.05) is 26.3 Å². The van der Waals surface area contributed by atoms with E-state index in [0.29, 0.717) is 6.61 Å². The Morgan fingerprint density at radius 3 is 2.72 bits per heavy atom. The molecular weight excluding hydrogens is 230 g/mol. The molecule has 2 atom stereocenters. The molecule has 4 heteroatoms. The maximum atomic E-state index is 12.0. The zero-order valence-electron chi connectivity index (χ0n) is 12.0. The molecule has 0 bridgehead atoms. The van der Waals surface area contributed by atoms with Crippen LogP contribution in [0.5, 0.6) is 0 Å². The molecule has 1 heterocycles. The summed E-state index contributed by atoms with van der Waals surface area (Å²) in [6, 6.07) is -0.0850. The van der Waals surface area contributed by atoms with E-state index in [1.165, 1.54) is 0 Å².